The van der Waals surface area contributed by atoms with Crippen molar-refractivity contribution >= 4 is 17.9 Å². The average molecular weight is 712 g/mol. The number of hydrogen-bond acceptors (Lipinski definition) is 7. The summed E-state index contributed by atoms with van der Waals surface area (Å²) in [6.45, 7) is 4.30. The van der Waals surface area contributed by atoms with Gasteiger partial charge >= 0.3 is 11.9 Å². The number of rotatable bonds is 32. The molecule has 0 bridgehead atoms. The minimum absolute atomic E-state index is 0.0116. The van der Waals surface area contributed by atoms with Crippen molar-refractivity contribution in [1.29, 1.82) is 0 Å². The van der Waals surface area contributed by atoms with E-state index in [1.807, 2.05) is 30.4 Å². The van der Waals surface area contributed by atoms with Crippen LogP contribution in [0.4, 0.5) is 0 Å². The number of carboxylic acids is 1. The van der Waals surface area contributed by atoms with Crippen LogP contribution in [0, 0.1) is 0 Å². The van der Waals surface area contributed by atoms with E-state index in [-0.39, 0.29) is 49.1 Å². The van der Waals surface area contributed by atoms with Crippen LogP contribution in [0.3, 0.4) is 0 Å². The molecule has 0 N–H and O–H groups in total. The fourth-order valence-corrected chi connectivity index (χ4v) is 4.92. The molecule has 0 fully saturated rings. The zero-order valence-electron chi connectivity index (χ0n) is 32.5. The van der Waals surface area contributed by atoms with Crippen molar-refractivity contribution in [3.05, 3.63) is 85.1 Å². The second kappa shape index (κ2) is 33.6. The first-order valence-corrected chi connectivity index (χ1v) is 19.2. The summed E-state index contributed by atoms with van der Waals surface area (Å²) < 4.78 is 17.0. The van der Waals surface area contributed by atoms with Gasteiger partial charge in [-0.2, -0.15) is 0 Å². The van der Waals surface area contributed by atoms with E-state index in [2.05, 4.69) is 68.5 Å². The van der Waals surface area contributed by atoms with E-state index in [1.165, 1.54) is 0 Å². The number of aliphatic carboxylic acids is 1. The Morgan fingerprint density at radius 2 is 1.14 bits per heavy atom. The van der Waals surface area contributed by atoms with Gasteiger partial charge in [0.2, 0.25) is 0 Å². The van der Waals surface area contributed by atoms with Gasteiger partial charge in [-0.15, -0.1) is 0 Å². The minimum Gasteiger partial charge on any atom is -0.544 e. The molecule has 0 aromatic heterocycles. The molecule has 0 radical (unpaired) electrons. The third kappa shape index (κ3) is 32.2. The van der Waals surface area contributed by atoms with Crippen LogP contribution in [0.15, 0.2) is 85.1 Å². The van der Waals surface area contributed by atoms with Crippen LogP contribution in [0.25, 0.3) is 0 Å². The summed E-state index contributed by atoms with van der Waals surface area (Å²) in [5, 5.41) is 11.6. The van der Waals surface area contributed by atoms with Crippen LogP contribution in [-0.2, 0) is 28.6 Å². The second-order valence-corrected chi connectivity index (χ2v) is 13.5. The Bertz CT molecular complexity index is 1110. The molecule has 288 valence electrons. The predicted molar refractivity (Wildman–Crippen MR) is 208 cm³/mol. The van der Waals surface area contributed by atoms with Crippen LogP contribution in [0.5, 0.6) is 0 Å². The van der Waals surface area contributed by atoms with Crippen LogP contribution >= 0.6 is 0 Å². The van der Waals surface area contributed by atoms with Crippen LogP contribution in [0.2, 0.25) is 0 Å². The van der Waals surface area contributed by atoms with Crippen molar-refractivity contribution in [3.8, 4) is 0 Å². The molecule has 8 nitrogen and oxygen atoms in total. The fourth-order valence-electron chi connectivity index (χ4n) is 4.92. The van der Waals surface area contributed by atoms with Crippen molar-refractivity contribution < 1.29 is 38.2 Å². The molecule has 0 aliphatic carbocycles. The molecular weight excluding hydrogens is 642 g/mol. The fraction of sp³-hybridized carbons (Fsp3) is 0.605. The number of carboxylic acid groups (broad SMARTS) is 1. The maximum absolute atomic E-state index is 12.6. The molecule has 0 amide bonds. The summed E-state index contributed by atoms with van der Waals surface area (Å²) in [6, 6.07) is -0.740. The van der Waals surface area contributed by atoms with Gasteiger partial charge in [0.05, 0.1) is 40.3 Å². The summed E-state index contributed by atoms with van der Waals surface area (Å²) in [5.74, 6) is -1.84. The number of unbranched alkanes of at least 4 members (excludes halogenated alkanes) is 7. The maximum atomic E-state index is 12.6. The standard InChI is InChI=1S/C43H69NO7/c1-6-8-10-12-14-16-18-20-21-22-24-25-27-29-31-33-41(45)50-38-39(37-49-36-35-40(43(47)48)44(3,4)5)51-42(46)34-32-30-28-26-23-19-17-15-13-11-9-7-2/h8-12,14-18,20-21,23,26,39-40H,6-7,13,19,22,24-25,27-38H2,1-5H3/b10-8+,11-9+,14-12+,17-15+,18-16+,21-20+,26-23+. The van der Waals surface area contributed by atoms with E-state index in [0.29, 0.717) is 12.8 Å². The second-order valence-electron chi connectivity index (χ2n) is 13.5. The summed E-state index contributed by atoms with van der Waals surface area (Å²) in [6.07, 6.45) is 41.8. The van der Waals surface area contributed by atoms with Gasteiger partial charge in [-0.25, -0.2) is 0 Å². The van der Waals surface area contributed by atoms with E-state index in [4.69, 9.17) is 14.2 Å². The predicted octanol–water partition coefficient (Wildman–Crippen LogP) is 8.46. The van der Waals surface area contributed by atoms with Gasteiger partial charge in [0, 0.05) is 19.3 Å². The zero-order chi connectivity index (χ0) is 37.8. The Morgan fingerprint density at radius 1 is 0.608 bits per heavy atom. The highest BCUT2D eigenvalue weighted by Gasteiger charge is 2.25. The molecule has 0 heterocycles. The first-order chi connectivity index (χ1) is 24.6. The number of carbonyl (C=O) groups is 3. The number of quaternary nitrogens is 1. The normalized spacial score (nSPS) is 14.0. The number of allylic oxidation sites excluding steroid dienone is 14. The van der Waals surface area contributed by atoms with Gasteiger partial charge in [0.15, 0.2) is 6.10 Å². The SMILES string of the molecule is CC/C=C/C=C/C=C/C=C/CCCCCCCC(=O)OCC(COCCC(C(=O)[O-])[N+](C)(C)C)OC(=O)CCCC/C=C/C/C=C/C/C=C/CC. The minimum atomic E-state index is -1.14. The summed E-state index contributed by atoms with van der Waals surface area (Å²) in [5.41, 5.74) is 0. The Kier molecular flexibility index (Phi) is 31.3. The molecule has 0 spiro atoms. The van der Waals surface area contributed by atoms with Gasteiger partial charge in [-0.05, 0) is 64.2 Å². The van der Waals surface area contributed by atoms with Crippen LogP contribution < -0.4 is 5.11 Å². The molecule has 8 heteroatoms. The topological polar surface area (TPSA) is 102 Å². The number of likely N-dealkylation sites (N-methyl/N-ethyl adjacent to an activating group) is 1. The van der Waals surface area contributed by atoms with Crippen molar-refractivity contribution in [2.75, 3.05) is 41.0 Å². The Labute approximate surface area is 310 Å². The lowest BCUT2D eigenvalue weighted by atomic mass is 10.1. The van der Waals surface area contributed by atoms with Crippen LogP contribution in [-0.4, -0.2) is 75.5 Å². The molecule has 0 rings (SSSR count). The highest BCUT2D eigenvalue weighted by atomic mass is 16.6. The number of hydrogen-bond donors (Lipinski definition) is 0. The maximum Gasteiger partial charge on any atom is 0.306 e. The lowest BCUT2D eigenvalue weighted by molar-refractivity contribution is -0.889. The largest absolute Gasteiger partial charge is 0.544 e. The van der Waals surface area contributed by atoms with E-state index >= 15 is 0 Å². The third-order valence-electron chi connectivity index (χ3n) is 7.87. The Hall–Kier alpha value is -3.49. The van der Waals surface area contributed by atoms with Crippen LogP contribution in [0.1, 0.15) is 117 Å². The van der Waals surface area contributed by atoms with Gasteiger partial charge in [-0.1, -0.05) is 118 Å². The molecule has 0 aromatic rings. The molecule has 0 aromatic carbocycles. The summed E-state index contributed by atoms with van der Waals surface area (Å²) in [4.78, 5) is 36.6. The van der Waals surface area contributed by atoms with E-state index in [1.54, 1.807) is 21.1 Å². The van der Waals surface area contributed by atoms with Crippen molar-refractivity contribution in [2.45, 2.75) is 129 Å². The highest BCUT2D eigenvalue weighted by molar-refractivity contribution is 5.70. The molecule has 2 atom stereocenters. The average Bonchev–Trinajstić information content (AvgIpc) is 3.08. The van der Waals surface area contributed by atoms with Crippen molar-refractivity contribution in [1.82, 2.24) is 0 Å². The van der Waals surface area contributed by atoms with Gasteiger partial charge in [0.1, 0.15) is 12.6 Å². The van der Waals surface area contributed by atoms with E-state index in [0.717, 1.165) is 77.0 Å². The zero-order valence-corrected chi connectivity index (χ0v) is 32.5. The highest BCUT2D eigenvalue weighted by Crippen LogP contribution is 2.11. The lowest BCUT2D eigenvalue weighted by Crippen LogP contribution is -2.55. The van der Waals surface area contributed by atoms with Crippen molar-refractivity contribution in [3.63, 3.8) is 0 Å². The molecule has 0 saturated heterocycles. The van der Waals surface area contributed by atoms with Gasteiger partial charge in [-0.3, -0.25) is 9.59 Å². The monoisotopic (exact) mass is 712 g/mol. The van der Waals surface area contributed by atoms with E-state index < -0.39 is 18.1 Å². The number of nitrogens with zero attached hydrogens (tertiary/aromatic N) is 1. The Morgan fingerprint density at radius 3 is 1.80 bits per heavy atom. The summed E-state index contributed by atoms with van der Waals surface area (Å²) in [7, 11) is 5.36. The molecule has 51 heavy (non-hydrogen) atoms. The van der Waals surface area contributed by atoms with Gasteiger partial charge in [0.25, 0.3) is 0 Å². The Balaban J connectivity index is 4.53. The molecule has 0 aliphatic heterocycles. The summed E-state index contributed by atoms with van der Waals surface area (Å²) >= 11 is 0. The number of carbonyl (C=O) groups excluding carboxylic acids is 3. The first kappa shape index (κ1) is 47.5. The molecule has 0 saturated carbocycles. The first-order valence-electron chi connectivity index (χ1n) is 19.2. The lowest BCUT2D eigenvalue weighted by Gasteiger charge is -2.34. The smallest absolute Gasteiger partial charge is 0.306 e. The number of ether oxygens (including phenoxy) is 3. The van der Waals surface area contributed by atoms with Gasteiger partial charge < -0.3 is 28.6 Å². The quantitative estimate of drug-likeness (QED) is 0.0227. The number of esters is 2. The third-order valence-corrected chi connectivity index (χ3v) is 7.87. The van der Waals surface area contributed by atoms with Crippen molar-refractivity contribution in [2.24, 2.45) is 0 Å². The molecular formula is C43H69NO7. The van der Waals surface area contributed by atoms with E-state index in [9.17, 15) is 19.5 Å². The molecule has 2 unspecified atom stereocenters. The molecule has 0 aliphatic rings.